The third-order valence-electron chi connectivity index (χ3n) is 4.78. The molecule has 0 spiro atoms. The highest BCUT2D eigenvalue weighted by Gasteiger charge is 2.46. The van der Waals surface area contributed by atoms with E-state index in [0.717, 1.165) is 11.8 Å². The van der Waals surface area contributed by atoms with Gasteiger partial charge in [-0.1, -0.05) is 41.5 Å². The maximum atomic E-state index is 2.48. The lowest BCUT2D eigenvalue weighted by atomic mass is 9.59. The molecule has 2 unspecified atom stereocenters. The van der Waals surface area contributed by atoms with E-state index in [9.17, 15) is 0 Å². The minimum atomic E-state index is 0.448. The maximum absolute atomic E-state index is 2.48. The molecule has 1 saturated carbocycles. The van der Waals surface area contributed by atoms with Crippen molar-refractivity contribution in [2.45, 2.75) is 60.8 Å². The third-order valence-corrected chi connectivity index (χ3v) is 4.78. The molecule has 78 valence electrons. The van der Waals surface area contributed by atoms with Crippen LogP contribution in [0.15, 0.2) is 0 Å². The van der Waals surface area contributed by atoms with Crippen molar-refractivity contribution >= 4 is 0 Å². The van der Waals surface area contributed by atoms with Crippen LogP contribution in [0.4, 0.5) is 0 Å². The highest BCUT2D eigenvalue weighted by atomic mass is 14.5. The molecule has 1 fully saturated rings. The van der Waals surface area contributed by atoms with E-state index in [4.69, 9.17) is 0 Å². The standard InChI is InChI=1S/C13H26/c1-7-13(6,12(3,4)5)10(2)11-8-9-11/h10-11H,7-9H2,1-6H3. The molecule has 13 heavy (non-hydrogen) atoms. The smallest absolute Gasteiger partial charge is 0.0252 e. The number of rotatable bonds is 3. The summed E-state index contributed by atoms with van der Waals surface area (Å²) >= 11 is 0. The molecule has 0 bridgehead atoms. The molecule has 0 aliphatic heterocycles. The zero-order chi connectivity index (χ0) is 10.3. The van der Waals surface area contributed by atoms with Gasteiger partial charge in [0.15, 0.2) is 0 Å². The molecule has 1 aliphatic rings. The fourth-order valence-electron chi connectivity index (χ4n) is 2.65. The van der Waals surface area contributed by atoms with Crippen molar-refractivity contribution in [2.75, 3.05) is 0 Å². The summed E-state index contributed by atoms with van der Waals surface area (Å²) < 4.78 is 0. The van der Waals surface area contributed by atoms with Gasteiger partial charge in [-0.2, -0.15) is 0 Å². The monoisotopic (exact) mass is 182 g/mol. The van der Waals surface area contributed by atoms with Gasteiger partial charge >= 0.3 is 0 Å². The fourth-order valence-corrected chi connectivity index (χ4v) is 2.65. The van der Waals surface area contributed by atoms with Crippen LogP contribution >= 0.6 is 0 Å². The van der Waals surface area contributed by atoms with Crippen LogP contribution in [0.2, 0.25) is 0 Å². The van der Waals surface area contributed by atoms with Crippen LogP contribution < -0.4 is 0 Å². The van der Waals surface area contributed by atoms with E-state index < -0.39 is 0 Å². The summed E-state index contributed by atoms with van der Waals surface area (Å²) in [6, 6.07) is 0. The van der Waals surface area contributed by atoms with Gasteiger partial charge in [-0.25, -0.2) is 0 Å². The first kappa shape index (κ1) is 11.1. The summed E-state index contributed by atoms with van der Waals surface area (Å²) in [6.07, 6.45) is 4.27. The lowest BCUT2D eigenvalue weighted by molar-refractivity contribution is 0.0270. The van der Waals surface area contributed by atoms with Gasteiger partial charge in [-0.3, -0.25) is 0 Å². The SMILES string of the molecule is CCC(C)(C(C)C1CC1)C(C)(C)C. The molecule has 1 rings (SSSR count). The van der Waals surface area contributed by atoms with E-state index in [0.29, 0.717) is 10.8 Å². The largest absolute Gasteiger partial charge is 0.0648 e. The van der Waals surface area contributed by atoms with Crippen molar-refractivity contribution in [1.29, 1.82) is 0 Å². The van der Waals surface area contributed by atoms with Crippen LogP contribution in [0.1, 0.15) is 60.8 Å². The Morgan fingerprint density at radius 1 is 1.15 bits per heavy atom. The lowest BCUT2D eigenvalue weighted by Crippen LogP contribution is -2.39. The number of hydrogen-bond donors (Lipinski definition) is 0. The Morgan fingerprint density at radius 2 is 1.62 bits per heavy atom. The third kappa shape index (κ3) is 1.92. The second-order valence-electron chi connectivity index (χ2n) is 6.15. The average Bonchev–Trinajstić information content (AvgIpc) is 2.81. The Morgan fingerprint density at radius 3 is 1.85 bits per heavy atom. The first-order valence-electron chi connectivity index (χ1n) is 5.83. The van der Waals surface area contributed by atoms with Crippen molar-refractivity contribution in [2.24, 2.45) is 22.7 Å². The van der Waals surface area contributed by atoms with Gasteiger partial charge in [-0.05, 0) is 41.9 Å². The Labute approximate surface area is 84.1 Å². The Balaban J connectivity index is 2.78. The van der Waals surface area contributed by atoms with Gasteiger partial charge in [-0.15, -0.1) is 0 Å². The fraction of sp³-hybridized carbons (Fsp3) is 1.00. The second-order valence-corrected chi connectivity index (χ2v) is 6.15. The summed E-state index contributed by atoms with van der Waals surface area (Å²) in [6.45, 7) is 14.5. The molecule has 0 aromatic heterocycles. The van der Waals surface area contributed by atoms with E-state index in [1.165, 1.54) is 19.3 Å². The lowest BCUT2D eigenvalue weighted by Gasteiger charge is -2.46. The minimum Gasteiger partial charge on any atom is -0.0648 e. The van der Waals surface area contributed by atoms with Crippen LogP contribution in [0.5, 0.6) is 0 Å². The maximum Gasteiger partial charge on any atom is -0.0252 e. The predicted octanol–water partition coefficient (Wildman–Crippen LogP) is 4.49. The molecule has 1 aliphatic carbocycles. The van der Waals surface area contributed by atoms with Gasteiger partial charge < -0.3 is 0 Å². The minimum absolute atomic E-state index is 0.448. The van der Waals surface area contributed by atoms with Crippen molar-refractivity contribution in [3.63, 3.8) is 0 Å². The molecule has 0 radical (unpaired) electrons. The molecule has 2 atom stereocenters. The van der Waals surface area contributed by atoms with E-state index in [1.54, 1.807) is 0 Å². The highest BCUT2D eigenvalue weighted by Crippen LogP contribution is 2.54. The quantitative estimate of drug-likeness (QED) is 0.603. The zero-order valence-corrected chi connectivity index (χ0v) is 10.3. The molecule has 0 N–H and O–H groups in total. The molecular formula is C13H26. The number of hydrogen-bond acceptors (Lipinski definition) is 0. The Hall–Kier alpha value is 0. The second kappa shape index (κ2) is 3.29. The van der Waals surface area contributed by atoms with Crippen LogP contribution in [0.25, 0.3) is 0 Å². The van der Waals surface area contributed by atoms with Crippen molar-refractivity contribution < 1.29 is 0 Å². The average molecular weight is 182 g/mol. The highest BCUT2D eigenvalue weighted by molar-refractivity contribution is 4.95. The van der Waals surface area contributed by atoms with Crippen LogP contribution in [-0.2, 0) is 0 Å². The molecular weight excluding hydrogens is 156 g/mol. The summed E-state index contributed by atoms with van der Waals surface area (Å²) in [7, 11) is 0. The van der Waals surface area contributed by atoms with Crippen molar-refractivity contribution in [3.8, 4) is 0 Å². The first-order valence-corrected chi connectivity index (χ1v) is 5.83. The first-order chi connectivity index (χ1) is 5.83. The molecule has 0 nitrogen and oxygen atoms in total. The molecule has 0 aromatic rings. The van der Waals surface area contributed by atoms with Gasteiger partial charge in [0.1, 0.15) is 0 Å². The van der Waals surface area contributed by atoms with Gasteiger partial charge in [0.05, 0.1) is 0 Å². The summed E-state index contributed by atoms with van der Waals surface area (Å²) in [4.78, 5) is 0. The summed E-state index contributed by atoms with van der Waals surface area (Å²) in [5, 5.41) is 0. The zero-order valence-electron chi connectivity index (χ0n) is 10.3. The Kier molecular flexibility index (Phi) is 2.81. The summed E-state index contributed by atoms with van der Waals surface area (Å²) in [5.74, 6) is 1.93. The molecule has 0 aromatic carbocycles. The Bertz CT molecular complexity index is 171. The van der Waals surface area contributed by atoms with Gasteiger partial charge in [0.2, 0.25) is 0 Å². The van der Waals surface area contributed by atoms with E-state index in [-0.39, 0.29) is 0 Å². The van der Waals surface area contributed by atoms with E-state index >= 15 is 0 Å². The topological polar surface area (TPSA) is 0 Å². The van der Waals surface area contributed by atoms with Gasteiger partial charge in [0, 0.05) is 0 Å². The molecule has 0 saturated heterocycles. The van der Waals surface area contributed by atoms with Crippen LogP contribution in [0.3, 0.4) is 0 Å². The van der Waals surface area contributed by atoms with E-state index in [1.807, 2.05) is 0 Å². The predicted molar refractivity (Wildman–Crippen MR) is 59.7 cm³/mol. The van der Waals surface area contributed by atoms with Crippen LogP contribution in [0, 0.1) is 22.7 Å². The molecule has 0 heteroatoms. The molecule has 0 heterocycles. The van der Waals surface area contributed by atoms with Crippen molar-refractivity contribution in [1.82, 2.24) is 0 Å². The van der Waals surface area contributed by atoms with Crippen LogP contribution in [-0.4, -0.2) is 0 Å². The van der Waals surface area contributed by atoms with Crippen molar-refractivity contribution in [3.05, 3.63) is 0 Å². The summed E-state index contributed by atoms with van der Waals surface area (Å²) in [5.41, 5.74) is 0.970. The normalized spacial score (nSPS) is 25.4. The molecule has 0 amide bonds. The van der Waals surface area contributed by atoms with Gasteiger partial charge in [0.25, 0.3) is 0 Å². The van der Waals surface area contributed by atoms with E-state index in [2.05, 4.69) is 41.5 Å².